The molecule has 1 fully saturated rings. The topological polar surface area (TPSA) is 70.5 Å². The maximum absolute atomic E-state index is 12.1. The molecule has 2 heterocycles. The summed E-state index contributed by atoms with van der Waals surface area (Å²) in [7, 11) is 0. The fourth-order valence-corrected chi connectivity index (χ4v) is 2.69. The third-order valence-electron chi connectivity index (χ3n) is 3.54. The van der Waals surface area contributed by atoms with Gasteiger partial charge in [0.15, 0.2) is 0 Å². The molecule has 0 aromatic carbocycles. The van der Waals surface area contributed by atoms with Gasteiger partial charge in [0, 0.05) is 25.4 Å². The Balaban J connectivity index is 2.38. The Morgan fingerprint density at radius 1 is 1.47 bits per heavy atom. The molecule has 0 radical (unpaired) electrons. The second kappa shape index (κ2) is 5.82. The van der Waals surface area contributed by atoms with Crippen molar-refractivity contribution in [2.24, 2.45) is 5.92 Å². The minimum Gasteiger partial charge on any atom is -0.481 e. The highest BCUT2D eigenvalue weighted by atomic mass is 16.4. The van der Waals surface area contributed by atoms with Gasteiger partial charge in [-0.2, -0.15) is 0 Å². The Morgan fingerprint density at radius 2 is 2.16 bits per heavy atom. The molecule has 5 nitrogen and oxygen atoms in total. The standard InChI is InChI=1S/C14H18N2O3/c1-2-9-16-12(17)4-3-11(14(18)19)13(16)10-5-7-15-8-6-10/h5-8,11,13H,2-4,9H2,1H3,(H,18,19). The molecule has 1 amide bonds. The van der Waals surface area contributed by atoms with E-state index in [1.807, 2.05) is 6.92 Å². The SMILES string of the molecule is CCCN1C(=O)CCC(C(=O)O)C1c1ccncc1. The maximum atomic E-state index is 12.1. The lowest BCUT2D eigenvalue weighted by molar-refractivity contribution is -0.152. The molecular weight excluding hydrogens is 244 g/mol. The van der Waals surface area contributed by atoms with E-state index in [1.165, 1.54) is 0 Å². The van der Waals surface area contributed by atoms with Gasteiger partial charge >= 0.3 is 5.97 Å². The number of piperidine rings is 1. The molecular formula is C14H18N2O3. The van der Waals surface area contributed by atoms with E-state index in [0.29, 0.717) is 19.4 Å². The lowest BCUT2D eigenvalue weighted by atomic mass is 9.84. The first-order valence-corrected chi connectivity index (χ1v) is 6.57. The molecule has 2 atom stereocenters. The zero-order chi connectivity index (χ0) is 13.8. The molecule has 2 rings (SSSR count). The molecule has 1 N–H and O–H groups in total. The third kappa shape index (κ3) is 2.75. The summed E-state index contributed by atoms with van der Waals surface area (Å²) in [6.07, 6.45) is 4.81. The van der Waals surface area contributed by atoms with Gasteiger partial charge in [-0.3, -0.25) is 14.6 Å². The average molecular weight is 262 g/mol. The quantitative estimate of drug-likeness (QED) is 0.899. The summed E-state index contributed by atoms with van der Waals surface area (Å²) in [5.74, 6) is -1.33. The van der Waals surface area contributed by atoms with E-state index in [0.717, 1.165) is 12.0 Å². The number of nitrogens with zero attached hydrogens (tertiary/aromatic N) is 2. The lowest BCUT2D eigenvalue weighted by Gasteiger charge is -2.39. The van der Waals surface area contributed by atoms with Crippen LogP contribution in [0.5, 0.6) is 0 Å². The normalized spacial score (nSPS) is 23.4. The fraction of sp³-hybridized carbons (Fsp3) is 0.500. The Bertz CT molecular complexity index is 461. The van der Waals surface area contributed by atoms with Crippen LogP contribution in [0.1, 0.15) is 37.8 Å². The number of carbonyl (C=O) groups excluding carboxylic acids is 1. The van der Waals surface area contributed by atoms with Crippen molar-refractivity contribution in [3.8, 4) is 0 Å². The molecule has 5 heteroatoms. The van der Waals surface area contributed by atoms with E-state index in [4.69, 9.17) is 0 Å². The minimum atomic E-state index is -0.838. The Labute approximate surface area is 112 Å². The zero-order valence-corrected chi connectivity index (χ0v) is 11.0. The first kappa shape index (κ1) is 13.5. The van der Waals surface area contributed by atoms with Crippen molar-refractivity contribution in [3.05, 3.63) is 30.1 Å². The lowest BCUT2D eigenvalue weighted by Crippen LogP contribution is -2.45. The smallest absolute Gasteiger partial charge is 0.308 e. The van der Waals surface area contributed by atoms with Crippen LogP contribution in [-0.4, -0.2) is 33.4 Å². The van der Waals surface area contributed by atoms with E-state index >= 15 is 0 Å². The second-order valence-corrected chi connectivity index (χ2v) is 4.80. The number of carboxylic acid groups (broad SMARTS) is 1. The second-order valence-electron chi connectivity index (χ2n) is 4.80. The number of carbonyl (C=O) groups is 2. The van der Waals surface area contributed by atoms with E-state index in [-0.39, 0.29) is 11.9 Å². The molecule has 2 unspecified atom stereocenters. The van der Waals surface area contributed by atoms with E-state index in [9.17, 15) is 14.7 Å². The minimum absolute atomic E-state index is 0.0427. The Kier molecular flexibility index (Phi) is 4.14. The van der Waals surface area contributed by atoms with Gasteiger partial charge in [-0.15, -0.1) is 0 Å². The van der Waals surface area contributed by atoms with Crippen LogP contribution < -0.4 is 0 Å². The summed E-state index contributed by atoms with van der Waals surface area (Å²) < 4.78 is 0. The van der Waals surface area contributed by atoms with Crippen LogP contribution in [0, 0.1) is 5.92 Å². The number of likely N-dealkylation sites (tertiary alicyclic amines) is 1. The molecule has 0 aliphatic carbocycles. The number of carboxylic acids is 1. The summed E-state index contributed by atoms with van der Waals surface area (Å²) >= 11 is 0. The van der Waals surface area contributed by atoms with Crippen LogP contribution in [0.4, 0.5) is 0 Å². The molecule has 1 saturated heterocycles. The summed E-state index contributed by atoms with van der Waals surface area (Å²) in [5.41, 5.74) is 0.851. The van der Waals surface area contributed by atoms with Gasteiger partial charge in [0.1, 0.15) is 0 Å². The molecule has 1 aliphatic heterocycles. The molecule has 0 saturated carbocycles. The number of pyridine rings is 1. The predicted octanol–water partition coefficient (Wildman–Crippen LogP) is 1.86. The van der Waals surface area contributed by atoms with Gasteiger partial charge in [0.25, 0.3) is 0 Å². The van der Waals surface area contributed by atoms with E-state index in [2.05, 4.69) is 4.98 Å². The van der Waals surface area contributed by atoms with Crippen molar-refractivity contribution < 1.29 is 14.7 Å². The molecule has 1 aromatic rings. The van der Waals surface area contributed by atoms with Crippen molar-refractivity contribution in [1.82, 2.24) is 9.88 Å². The van der Waals surface area contributed by atoms with Crippen molar-refractivity contribution in [3.63, 3.8) is 0 Å². The molecule has 0 bridgehead atoms. The summed E-state index contributed by atoms with van der Waals surface area (Å²) in [6, 6.07) is 3.21. The van der Waals surface area contributed by atoms with Crippen molar-refractivity contribution >= 4 is 11.9 Å². The predicted molar refractivity (Wildman–Crippen MR) is 69.3 cm³/mol. The Hall–Kier alpha value is -1.91. The van der Waals surface area contributed by atoms with Crippen LogP contribution >= 0.6 is 0 Å². The van der Waals surface area contributed by atoms with Crippen molar-refractivity contribution in [1.29, 1.82) is 0 Å². The van der Waals surface area contributed by atoms with Gasteiger partial charge in [0.05, 0.1) is 12.0 Å². The zero-order valence-electron chi connectivity index (χ0n) is 11.0. The number of hydrogen-bond acceptors (Lipinski definition) is 3. The number of rotatable bonds is 4. The first-order chi connectivity index (χ1) is 9.15. The molecule has 102 valence electrons. The molecule has 19 heavy (non-hydrogen) atoms. The van der Waals surface area contributed by atoms with Gasteiger partial charge in [-0.25, -0.2) is 0 Å². The van der Waals surface area contributed by atoms with Gasteiger partial charge < -0.3 is 10.0 Å². The molecule has 0 spiro atoms. The van der Waals surface area contributed by atoms with Crippen LogP contribution in [0.25, 0.3) is 0 Å². The first-order valence-electron chi connectivity index (χ1n) is 6.57. The largest absolute Gasteiger partial charge is 0.481 e. The van der Waals surface area contributed by atoms with Crippen LogP contribution in [-0.2, 0) is 9.59 Å². The maximum Gasteiger partial charge on any atom is 0.308 e. The van der Waals surface area contributed by atoms with Crippen LogP contribution in [0.15, 0.2) is 24.5 Å². The number of aromatic nitrogens is 1. The summed E-state index contributed by atoms with van der Waals surface area (Å²) in [5, 5.41) is 9.39. The highest BCUT2D eigenvalue weighted by Gasteiger charge is 2.40. The molecule has 1 aromatic heterocycles. The average Bonchev–Trinajstić information content (AvgIpc) is 2.41. The van der Waals surface area contributed by atoms with Gasteiger partial charge in [-0.1, -0.05) is 6.92 Å². The van der Waals surface area contributed by atoms with Crippen LogP contribution in [0.2, 0.25) is 0 Å². The highest BCUT2D eigenvalue weighted by molar-refractivity contribution is 5.81. The Morgan fingerprint density at radius 3 is 2.74 bits per heavy atom. The van der Waals surface area contributed by atoms with Crippen LogP contribution in [0.3, 0.4) is 0 Å². The fourth-order valence-electron chi connectivity index (χ4n) is 2.69. The van der Waals surface area contributed by atoms with Crippen molar-refractivity contribution in [2.45, 2.75) is 32.2 Å². The number of aliphatic carboxylic acids is 1. The summed E-state index contributed by atoms with van der Waals surface area (Å²) in [4.78, 5) is 29.1. The van der Waals surface area contributed by atoms with Gasteiger partial charge in [-0.05, 0) is 30.5 Å². The van der Waals surface area contributed by atoms with E-state index in [1.54, 1.807) is 29.4 Å². The number of amides is 1. The number of hydrogen-bond donors (Lipinski definition) is 1. The monoisotopic (exact) mass is 262 g/mol. The summed E-state index contributed by atoms with van der Waals surface area (Å²) in [6.45, 7) is 2.58. The highest BCUT2D eigenvalue weighted by Crippen LogP contribution is 2.36. The third-order valence-corrected chi connectivity index (χ3v) is 3.54. The van der Waals surface area contributed by atoms with E-state index < -0.39 is 11.9 Å². The van der Waals surface area contributed by atoms with Gasteiger partial charge in [0.2, 0.25) is 5.91 Å². The van der Waals surface area contributed by atoms with Crippen molar-refractivity contribution in [2.75, 3.05) is 6.54 Å². The molecule has 1 aliphatic rings.